The number of rotatable bonds is 5. The third-order valence-electron chi connectivity index (χ3n) is 3.11. The van der Waals surface area contributed by atoms with Crippen LogP contribution in [0.25, 0.3) is 10.9 Å². The number of fused-ring (bicyclic) bond motifs is 1. The highest BCUT2D eigenvalue weighted by Crippen LogP contribution is 2.27. The number of nitrogen functional groups attached to an aromatic ring is 1. The fourth-order valence-electron chi connectivity index (χ4n) is 2.09. The van der Waals surface area contributed by atoms with Gasteiger partial charge in [-0.15, -0.1) is 0 Å². The van der Waals surface area contributed by atoms with Gasteiger partial charge in [0.2, 0.25) is 10.0 Å². The Morgan fingerprint density at radius 1 is 1.45 bits per heavy atom. The Morgan fingerprint density at radius 2 is 2.20 bits per heavy atom. The van der Waals surface area contributed by atoms with Crippen LogP contribution in [0.4, 0.5) is 5.69 Å². The SMILES string of the molecule is CCN(CCC#N)S(=O)(=O)c1c[nH]c2ccc(N)cc12. The van der Waals surface area contributed by atoms with Crippen LogP contribution in [0, 0.1) is 11.3 Å². The summed E-state index contributed by atoms with van der Waals surface area (Å²) in [6.45, 7) is 2.25. The first kappa shape index (κ1) is 14.4. The van der Waals surface area contributed by atoms with E-state index in [0.29, 0.717) is 23.1 Å². The van der Waals surface area contributed by atoms with Gasteiger partial charge < -0.3 is 10.7 Å². The van der Waals surface area contributed by atoms with Gasteiger partial charge in [-0.3, -0.25) is 0 Å². The number of hydrogen-bond acceptors (Lipinski definition) is 4. The number of nitrogens with one attached hydrogen (secondary N) is 1. The molecule has 0 aliphatic heterocycles. The van der Waals surface area contributed by atoms with Gasteiger partial charge in [-0.25, -0.2) is 8.42 Å². The van der Waals surface area contributed by atoms with Crippen molar-refractivity contribution < 1.29 is 8.42 Å². The second-order valence-electron chi connectivity index (χ2n) is 4.36. The van der Waals surface area contributed by atoms with Crippen molar-refractivity contribution in [1.82, 2.24) is 9.29 Å². The van der Waals surface area contributed by atoms with Crippen molar-refractivity contribution in [3.63, 3.8) is 0 Å². The zero-order valence-corrected chi connectivity index (χ0v) is 11.9. The maximum Gasteiger partial charge on any atom is 0.245 e. The fourth-order valence-corrected chi connectivity index (χ4v) is 3.69. The van der Waals surface area contributed by atoms with Gasteiger partial charge in [-0.1, -0.05) is 6.92 Å². The molecule has 0 atom stereocenters. The number of sulfonamides is 1. The molecule has 2 rings (SSSR count). The third kappa shape index (κ3) is 2.48. The number of aromatic nitrogens is 1. The lowest BCUT2D eigenvalue weighted by atomic mass is 10.2. The summed E-state index contributed by atoms with van der Waals surface area (Å²) in [6.07, 6.45) is 1.63. The molecule has 0 aliphatic rings. The molecule has 1 heterocycles. The van der Waals surface area contributed by atoms with E-state index in [2.05, 4.69) is 4.98 Å². The first-order valence-corrected chi connectivity index (χ1v) is 7.68. The van der Waals surface area contributed by atoms with Crippen molar-refractivity contribution in [2.75, 3.05) is 18.8 Å². The zero-order chi connectivity index (χ0) is 14.8. The van der Waals surface area contributed by atoms with Crippen LogP contribution < -0.4 is 5.73 Å². The number of aromatic amines is 1. The number of H-pyrrole nitrogens is 1. The summed E-state index contributed by atoms with van der Waals surface area (Å²) in [5.74, 6) is 0. The van der Waals surface area contributed by atoms with E-state index in [1.54, 1.807) is 25.1 Å². The maximum absolute atomic E-state index is 12.6. The van der Waals surface area contributed by atoms with Crippen LogP contribution in [-0.2, 0) is 10.0 Å². The highest BCUT2D eigenvalue weighted by atomic mass is 32.2. The Morgan fingerprint density at radius 3 is 2.85 bits per heavy atom. The van der Waals surface area contributed by atoms with Crippen LogP contribution >= 0.6 is 0 Å². The first-order valence-electron chi connectivity index (χ1n) is 6.24. The van der Waals surface area contributed by atoms with Crippen molar-refractivity contribution >= 4 is 26.6 Å². The number of hydrogen-bond donors (Lipinski definition) is 2. The Hall–Kier alpha value is -2.04. The molecule has 0 unspecified atom stereocenters. The fraction of sp³-hybridized carbons (Fsp3) is 0.308. The molecule has 7 heteroatoms. The molecule has 0 saturated carbocycles. The second kappa shape index (κ2) is 5.53. The molecule has 0 amide bonds. The molecule has 2 aromatic rings. The molecule has 1 aromatic carbocycles. The Balaban J connectivity index is 2.51. The Bertz CT molecular complexity index is 758. The van der Waals surface area contributed by atoms with Crippen LogP contribution in [0.5, 0.6) is 0 Å². The summed E-state index contributed by atoms with van der Waals surface area (Å²) in [7, 11) is -3.63. The minimum atomic E-state index is -3.63. The van der Waals surface area contributed by atoms with E-state index in [-0.39, 0.29) is 17.9 Å². The Kier molecular flexibility index (Phi) is 3.97. The molecule has 0 spiro atoms. The number of nitriles is 1. The topological polar surface area (TPSA) is 103 Å². The van der Waals surface area contributed by atoms with Gasteiger partial charge in [0.15, 0.2) is 0 Å². The molecule has 0 bridgehead atoms. The van der Waals surface area contributed by atoms with Crippen LogP contribution in [-0.4, -0.2) is 30.8 Å². The van der Waals surface area contributed by atoms with Crippen LogP contribution in [0.1, 0.15) is 13.3 Å². The number of nitrogens with two attached hydrogens (primary N) is 1. The van der Waals surface area contributed by atoms with E-state index < -0.39 is 10.0 Å². The van der Waals surface area contributed by atoms with Crippen molar-refractivity contribution in [3.05, 3.63) is 24.4 Å². The zero-order valence-electron chi connectivity index (χ0n) is 11.1. The van der Waals surface area contributed by atoms with Gasteiger partial charge in [0, 0.05) is 42.3 Å². The van der Waals surface area contributed by atoms with Gasteiger partial charge in [0.05, 0.1) is 6.07 Å². The highest BCUT2D eigenvalue weighted by Gasteiger charge is 2.25. The van der Waals surface area contributed by atoms with E-state index in [1.165, 1.54) is 10.5 Å². The molecule has 6 nitrogen and oxygen atoms in total. The molecule has 0 saturated heterocycles. The lowest BCUT2D eigenvalue weighted by molar-refractivity contribution is 0.435. The Labute approximate surface area is 117 Å². The van der Waals surface area contributed by atoms with Gasteiger partial charge in [-0.2, -0.15) is 9.57 Å². The van der Waals surface area contributed by atoms with E-state index in [4.69, 9.17) is 11.0 Å². The quantitative estimate of drug-likeness (QED) is 0.818. The van der Waals surface area contributed by atoms with Crippen molar-refractivity contribution in [1.29, 1.82) is 5.26 Å². The van der Waals surface area contributed by atoms with Gasteiger partial charge in [-0.05, 0) is 18.2 Å². The van der Waals surface area contributed by atoms with Crippen molar-refractivity contribution in [2.24, 2.45) is 0 Å². The molecule has 106 valence electrons. The predicted octanol–water partition coefficient (Wildman–Crippen LogP) is 1.67. The molecule has 0 aliphatic carbocycles. The van der Waals surface area contributed by atoms with Crippen LogP contribution in [0.3, 0.4) is 0 Å². The van der Waals surface area contributed by atoms with Crippen LogP contribution in [0.15, 0.2) is 29.3 Å². The summed E-state index contributed by atoms with van der Waals surface area (Å²) in [4.78, 5) is 3.12. The molecule has 20 heavy (non-hydrogen) atoms. The van der Waals surface area contributed by atoms with Gasteiger partial charge >= 0.3 is 0 Å². The largest absolute Gasteiger partial charge is 0.399 e. The second-order valence-corrected chi connectivity index (χ2v) is 6.27. The minimum Gasteiger partial charge on any atom is -0.399 e. The average Bonchev–Trinajstić information content (AvgIpc) is 2.82. The van der Waals surface area contributed by atoms with E-state index >= 15 is 0 Å². The summed E-state index contributed by atoms with van der Waals surface area (Å²) in [5, 5.41) is 9.19. The smallest absolute Gasteiger partial charge is 0.245 e. The van der Waals surface area contributed by atoms with Gasteiger partial charge in [0.1, 0.15) is 4.90 Å². The lowest BCUT2D eigenvalue weighted by Crippen LogP contribution is -2.31. The number of benzene rings is 1. The first-order chi connectivity index (χ1) is 9.50. The summed E-state index contributed by atoms with van der Waals surface area (Å²) in [6, 6.07) is 7.05. The number of anilines is 1. The van der Waals surface area contributed by atoms with E-state index in [1.807, 2.05) is 6.07 Å². The molecule has 3 N–H and O–H groups in total. The van der Waals surface area contributed by atoms with Crippen molar-refractivity contribution in [3.8, 4) is 6.07 Å². The number of nitrogens with zero attached hydrogens (tertiary/aromatic N) is 2. The molecule has 0 fully saturated rings. The average molecular weight is 292 g/mol. The van der Waals surface area contributed by atoms with E-state index in [9.17, 15) is 8.42 Å². The summed E-state index contributed by atoms with van der Waals surface area (Å²) >= 11 is 0. The van der Waals surface area contributed by atoms with Crippen LogP contribution in [0.2, 0.25) is 0 Å². The van der Waals surface area contributed by atoms with Crippen molar-refractivity contribution in [2.45, 2.75) is 18.2 Å². The molecular weight excluding hydrogens is 276 g/mol. The molecule has 1 aromatic heterocycles. The monoisotopic (exact) mass is 292 g/mol. The lowest BCUT2D eigenvalue weighted by Gasteiger charge is -2.18. The standard InChI is InChI=1S/C13H16N4O2S/c1-2-17(7-3-6-14)20(18,19)13-9-16-12-5-4-10(15)8-11(12)13/h4-5,8-9,16H,2-3,7,15H2,1H3. The minimum absolute atomic E-state index is 0.164. The summed E-state index contributed by atoms with van der Waals surface area (Å²) < 4.78 is 26.5. The summed E-state index contributed by atoms with van der Waals surface area (Å²) in [5.41, 5.74) is 6.94. The molecule has 0 radical (unpaired) electrons. The van der Waals surface area contributed by atoms with E-state index in [0.717, 1.165) is 0 Å². The molecular formula is C13H16N4O2S. The normalized spacial score (nSPS) is 11.8. The third-order valence-corrected chi connectivity index (χ3v) is 5.13. The van der Waals surface area contributed by atoms with Gasteiger partial charge in [0.25, 0.3) is 0 Å². The predicted molar refractivity (Wildman–Crippen MR) is 77.4 cm³/mol. The highest BCUT2D eigenvalue weighted by molar-refractivity contribution is 7.89. The maximum atomic E-state index is 12.6.